The van der Waals surface area contributed by atoms with Crippen LogP contribution < -0.4 is 15.4 Å². The van der Waals surface area contributed by atoms with E-state index in [0.29, 0.717) is 10.2 Å². The van der Waals surface area contributed by atoms with Gasteiger partial charge in [0.2, 0.25) is 5.91 Å². The maximum Gasteiger partial charge on any atom is 0.408 e. The molecule has 0 aliphatic rings. The Morgan fingerprint density at radius 3 is 2.60 bits per heavy atom. The zero-order valence-electron chi connectivity index (χ0n) is 15.1. The Morgan fingerprint density at radius 1 is 1.40 bits per heavy atom. The number of alkyl carbamates (subject to hydrolysis) is 1. The molecule has 0 aliphatic carbocycles. The van der Waals surface area contributed by atoms with Gasteiger partial charge in [0, 0.05) is 10.7 Å². The Bertz CT molecular complexity index is 656. The molecule has 0 radical (unpaired) electrons. The van der Waals surface area contributed by atoms with Crippen LogP contribution in [-0.2, 0) is 9.53 Å². The van der Waals surface area contributed by atoms with Crippen LogP contribution in [-0.4, -0.2) is 35.2 Å². The van der Waals surface area contributed by atoms with Crippen molar-refractivity contribution in [3.05, 3.63) is 28.9 Å². The highest BCUT2D eigenvalue weighted by Crippen LogP contribution is 2.27. The fraction of sp³-hybridized carbons (Fsp3) is 0.471. The lowest BCUT2D eigenvalue weighted by Crippen LogP contribution is -2.37. The number of carbonyl (C=O) groups is 2. The van der Waals surface area contributed by atoms with Crippen LogP contribution >= 0.6 is 15.9 Å². The average molecular weight is 414 g/mol. The maximum absolute atomic E-state index is 12.0. The van der Waals surface area contributed by atoms with Gasteiger partial charge >= 0.3 is 6.09 Å². The Labute approximate surface area is 156 Å². The maximum atomic E-state index is 12.0. The number of ether oxygens (including phenoxy) is 2. The molecule has 7 nitrogen and oxygen atoms in total. The third-order valence-corrected chi connectivity index (χ3v) is 3.30. The molecule has 0 saturated heterocycles. The summed E-state index contributed by atoms with van der Waals surface area (Å²) in [5.41, 5.74) is 0.205. The second-order valence-corrected chi connectivity index (χ2v) is 7.43. The van der Waals surface area contributed by atoms with Gasteiger partial charge in [-0.3, -0.25) is 4.79 Å². The van der Waals surface area contributed by atoms with Crippen molar-refractivity contribution in [1.82, 2.24) is 10.3 Å². The van der Waals surface area contributed by atoms with Crippen molar-refractivity contribution >= 4 is 33.7 Å². The molecule has 0 spiro atoms. The molecule has 0 fully saturated rings. The van der Waals surface area contributed by atoms with Crippen molar-refractivity contribution < 1.29 is 19.1 Å². The number of nitrogens with one attached hydrogen (secondary N) is 2. The molecule has 0 unspecified atom stereocenters. The molecule has 138 valence electrons. The predicted molar refractivity (Wildman–Crippen MR) is 99.7 cm³/mol. The number of rotatable bonds is 6. The SMILES string of the molecule is C=C(C)[C@@H](C)Oc1cc(Br)cnc1NC(=O)CNC(=O)OC(C)(C)C. The van der Waals surface area contributed by atoms with E-state index in [9.17, 15) is 9.59 Å². The van der Waals surface area contributed by atoms with Crippen molar-refractivity contribution in [2.45, 2.75) is 46.3 Å². The van der Waals surface area contributed by atoms with E-state index < -0.39 is 17.6 Å². The van der Waals surface area contributed by atoms with Crippen molar-refractivity contribution in [3.63, 3.8) is 0 Å². The largest absolute Gasteiger partial charge is 0.482 e. The Balaban J connectivity index is 2.70. The van der Waals surface area contributed by atoms with Crippen LogP contribution in [0, 0.1) is 0 Å². The summed E-state index contributed by atoms with van der Waals surface area (Å²) in [5.74, 6) is 0.205. The molecule has 2 N–H and O–H groups in total. The first-order valence-corrected chi connectivity index (χ1v) is 8.51. The summed E-state index contributed by atoms with van der Waals surface area (Å²) in [6.07, 6.45) is 0.625. The summed E-state index contributed by atoms with van der Waals surface area (Å²) in [6, 6.07) is 1.70. The lowest BCUT2D eigenvalue weighted by molar-refractivity contribution is -0.115. The van der Waals surface area contributed by atoms with Gasteiger partial charge in [-0.05, 0) is 62.2 Å². The number of carbonyl (C=O) groups excluding carboxylic acids is 2. The standard InChI is InChI=1S/C17H24BrN3O4/c1-10(2)11(3)24-13-7-12(18)8-19-15(13)21-14(22)9-20-16(23)25-17(4,5)6/h7-8,11H,1,9H2,2-6H3,(H,20,23)(H,19,21,22)/t11-/m1/s1. The second-order valence-electron chi connectivity index (χ2n) is 6.51. The van der Waals surface area contributed by atoms with Crippen LogP contribution in [0.2, 0.25) is 0 Å². The molecule has 0 aliphatic heterocycles. The lowest BCUT2D eigenvalue weighted by atomic mass is 10.2. The van der Waals surface area contributed by atoms with Gasteiger partial charge in [0.25, 0.3) is 0 Å². The number of hydrogen-bond acceptors (Lipinski definition) is 5. The number of aromatic nitrogens is 1. The first-order chi connectivity index (χ1) is 11.5. The molecule has 8 heteroatoms. The normalized spacial score (nSPS) is 12.1. The summed E-state index contributed by atoms with van der Waals surface area (Å²) in [5, 5.41) is 4.99. The molecular weight excluding hydrogens is 390 g/mol. The van der Waals surface area contributed by atoms with Gasteiger partial charge in [0.1, 0.15) is 18.2 Å². The zero-order chi connectivity index (χ0) is 19.2. The van der Waals surface area contributed by atoms with Gasteiger partial charge in [0.15, 0.2) is 11.6 Å². The van der Waals surface area contributed by atoms with E-state index in [2.05, 4.69) is 38.1 Å². The molecule has 2 amide bonds. The Hall–Kier alpha value is -2.09. The molecule has 1 aromatic rings. The monoisotopic (exact) mass is 413 g/mol. The van der Waals surface area contributed by atoms with Crippen LogP contribution in [0.1, 0.15) is 34.6 Å². The van der Waals surface area contributed by atoms with Crippen LogP contribution in [0.25, 0.3) is 0 Å². The quantitative estimate of drug-likeness (QED) is 0.694. The van der Waals surface area contributed by atoms with E-state index in [1.807, 2.05) is 13.8 Å². The van der Waals surface area contributed by atoms with E-state index in [-0.39, 0.29) is 18.5 Å². The summed E-state index contributed by atoms with van der Waals surface area (Å²) in [4.78, 5) is 27.8. The highest BCUT2D eigenvalue weighted by atomic mass is 79.9. The highest BCUT2D eigenvalue weighted by Gasteiger charge is 2.18. The number of nitrogens with zero attached hydrogens (tertiary/aromatic N) is 1. The zero-order valence-corrected chi connectivity index (χ0v) is 16.7. The molecule has 1 atom stereocenters. The predicted octanol–water partition coefficient (Wildman–Crippen LogP) is 3.65. The summed E-state index contributed by atoms with van der Waals surface area (Å²) >= 11 is 3.32. The molecule has 0 aromatic carbocycles. The van der Waals surface area contributed by atoms with Crippen molar-refractivity contribution in [2.75, 3.05) is 11.9 Å². The topological polar surface area (TPSA) is 89.5 Å². The van der Waals surface area contributed by atoms with E-state index >= 15 is 0 Å². The van der Waals surface area contributed by atoms with Crippen LogP contribution in [0.4, 0.5) is 10.6 Å². The van der Waals surface area contributed by atoms with Gasteiger partial charge in [-0.25, -0.2) is 9.78 Å². The Morgan fingerprint density at radius 2 is 2.04 bits per heavy atom. The number of hydrogen-bond donors (Lipinski definition) is 2. The van der Waals surface area contributed by atoms with Gasteiger partial charge < -0.3 is 20.1 Å². The molecule has 0 bridgehead atoms. The first kappa shape index (κ1) is 21.0. The third-order valence-electron chi connectivity index (χ3n) is 2.87. The number of pyridine rings is 1. The summed E-state index contributed by atoms with van der Waals surface area (Å²) in [7, 11) is 0. The highest BCUT2D eigenvalue weighted by molar-refractivity contribution is 9.10. The minimum Gasteiger partial charge on any atom is -0.482 e. The van der Waals surface area contributed by atoms with Gasteiger partial charge in [0.05, 0.1) is 0 Å². The fourth-order valence-corrected chi connectivity index (χ4v) is 1.85. The van der Waals surface area contributed by atoms with E-state index in [0.717, 1.165) is 5.57 Å². The minimum atomic E-state index is -0.668. The molecule has 1 aromatic heterocycles. The molecule has 25 heavy (non-hydrogen) atoms. The van der Waals surface area contributed by atoms with Crippen LogP contribution in [0.3, 0.4) is 0 Å². The lowest BCUT2D eigenvalue weighted by Gasteiger charge is -2.20. The first-order valence-electron chi connectivity index (χ1n) is 7.72. The van der Waals surface area contributed by atoms with E-state index in [1.54, 1.807) is 26.8 Å². The number of amides is 2. The molecule has 1 heterocycles. The molecule has 1 rings (SSSR count). The van der Waals surface area contributed by atoms with E-state index in [4.69, 9.17) is 9.47 Å². The smallest absolute Gasteiger partial charge is 0.408 e. The van der Waals surface area contributed by atoms with Gasteiger partial charge in [-0.15, -0.1) is 0 Å². The van der Waals surface area contributed by atoms with Gasteiger partial charge in [-0.2, -0.15) is 0 Å². The second kappa shape index (κ2) is 8.84. The van der Waals surface area contributed by atoms with E-state index in [1.165, 1.54) is 6.20 Å². The van der Waals surface area contributed by atoms with Crippen LogP contribution in [0.5, 0.6) is 5.75 Å². The van der Waals surface area contributed by atoms with Gasteiger partial charge in [-0.1, -0.05) is 6.58 Å². The number of halogens is 1. The fourth-order valence-electron chi connectivity index (χ4n) is 1.54. The van der Waals surface area contributed by atoms with Crippen molar-refractivity contribution in [3.8, 4) is 5.75 Å². The average Bonchev–Trinajstić information content (AvgIpc) is 2.46. The minimum absolute atomic E-state index is 0.244. The summed E-state index contributed by atoms with van der Waals surface area (Å²) in [6.45, 7) is 12.5. The third kappa shape index (κ3) is 8.02. The van der Waals surface area contributed by atoms with Crippen molar-refractivity contribution in [2.24, 2.45) is 0 Å². The van der Waals surface area contributed by atoms with Crippen LogP contribution in [0.15, 0.2) is 28.9 Å². The summed E-state index contributed by atoms with van der Waals surface area (Å²) < 4.78 is 11.5. The molecule has 0 saturated carbocycles. The Kier molecular flexibility index (Phi) is 7.41. The number of anilines is 1. The molecular formula is C17H24BrN3O4. The van der Waals surface area contributed by atoms with Crippen molar-refractivity contribution in [1.29, 1.82) is 0 Å².